The molecule has 0 amide bonds. The molecule has 0 radical (unpaired) electrons. The second kappa shape index (κ2) is 9.55. The van der Waals surface area contributed by atoms with Crippen molar-refractivity contribution in [3.05, 3.63) is 35.8 Å². The molecule has 0 saturated heterocycles. The molecular weight excluding hydrogens is 444 g/mol. The number of nitrogens with one attached hydrogen (secondary N) is 3. The van der Waals surface area contributed by atoms with E-state index in [0.717, 1.165) is 42.3 Å². The summed E-state index contributed by atoms with van der Waals surface area (Å²) in [4.78, 5) is 9.74. The van der Waals surface area contributed by atoms with Gasteiger partial charge in [-0.15, -0.1) is 24.0 Å². The Bertz CT molecular complexity index is 737. The summed E-state index contributed by atoms with van der Waals surface area (Å²) in [6, 6.07) is 5.43. The lowest BCUT2D eigenvalue weighted by molar-refractivity contribution is 0.264. The maximum atomic E-state index is 13.3. The third-order valence-electron chi connectivity index (χ3n) is 4.95. The van der Waals surface area contributed by atoms with Crippen LogP contribution >= 0.6 is 24.0 Å². The van der Waals surface area contributed by atoms with Gasteiger partial charge in [0.25, 0.3) is 0 Å². The molecule has 0 bridgehead atoms. The van der Waals surface area contributed by atoms with Gasteiger partial charge in [0.15, 0.2) is 5.96 Å². The van der Waals surface area contributed by atoms with Gasteiger partial charge in [-0.05, 0) is 63.0 Å². The van der Waals surface area contributed by atoms with Crippen molar-refractivity contribution in [2.24, 2.45) is 10.9 Å². The molecule has 1 aliphatic carbocycles. The fourth-order valence-corrected chi connectivity index (χ4v) is 3.35. The molecule has 5 nitrogen and oxygen atoms in total. The quantitative estimate of drug-likeness (QED) is 0.329. The number of likely N-dealkylation sites (N-methyl/N-ethyl adjacent to an activating group) is 1. The van der Waals surface area contributed by atoms with E-state index in [-0.39, 0.29) is 29.8 Å². The van der Waals surface area contributed by atoms with Crippen LogP contribution in [0, 0.1) is 11.7 Å². The van der Waals surface area contributed by atoms with Crippen LogP contribution in [-0.2, 0) is 6.42 Å². The first kappa shape index (κ1) is 21.0. The van der Waals surface area contributed by atoms with Crippen molar-refractivity contribution in [3.8, 4) is 0 Å². The number of benzene rings is 1. The van der Waals surface area contributed by atoms with Crippen LogP contribution in [0.5, 0.6) is 0 Å². The van der Waals surface area contributed by atoms with Crippen LogP contribution in [-0.4, -0.2) is 56.1 Å². The predicted octanol–water partition coefficient (Wildman–Crippen LogP) is 2.97. The number of rotatable bonds is 7. The van der Waals surface area contributed by atoms with E-state index in [1.165, 1.54) is 30.5 Å². The summed E-state index contributed by atoms with van der Waals surface area (Å²) in [5.74, 6) is 1.43. The molecule has 1 atom stereocenters. The Hall–Kier alpha value is -1.35. The lowest BCUT2D eigenvalue weighted by Gasteiger charge is -2.25. The van der Waals surface area contributed by atoms with Gasteiger partial charge in [-0.1, -0.05) is 0 Å². The molecule has 26 heavy (non-hydrogen) atoms. The van der Waals surface area contributed by atoms with E-state index in [4.69, 9.17) is 0 Å². The molecule has 1 aliphatic rings. The van der Waals surface area contributed by atoms with E-state index >= 15 is 0 Å². The van der Waals surface area contributed by atoms with Crippen molar-refractivity contribution < 1.29 is 4.39 Å². The van der Waals surface area contributed by atoms with Gasteiger partial charge < -0.3 is 20.5 Å². The SMILES string of the molecule is CN=C(NCCc1c[nH]c2cc(F)ccc12)NCC(C1CC1)N(C)C.I. The minimum absolute atomic E-state index is 0. The maximum absolute atomic E-state index is 13.3. The molecule has 1 heterocycles. The standard InChI is InChI=1S/C19H28FN5.HI/c1-21-19(24-12-18(25(2)3)13-4-5-13)22-9-8-14-11-23-17-10-15(20)6-7-16(14)17;/h6-7,10-11,13,18,23H,4-5,8-9,12H2,1-3H3,(H2,21,22,24);1H. The van der Waals surface area contributed by atoms with E-state index < -0.39 is 0 Å². The summed E-state index contributed by atoms with van der Waals surface area (Å²) in [6.45, 7) is 1.68. The third kappa shape index (κ3) is 5.33. The predicted molar refractivity (Wildman–Crippen MR) is 117 cm³/mol. The third-order valence-corrected chi connectivity index (χ3v) is 4.95. The van der Waals surface area contributed by atoms with E-state index in [1.54, 1.807) is 7.05 Å². The first-order valence-electron chi connectivity index (χ1n) is 8.95. The number of H-pyrrole nitrogens is 1. The number of halogens is 2. The van der Waals surface area contributed by atoms with Gasteiger partial charge in [0.2, 0.25) is 0 Å². The second-order valence-electron chi connectivity index (χ2n) is 7.00. The van der Waals surface area contributed by atoms with Crippen LogP contribution in [0.1, 0.15) is 18.4 Å². The zero-order valence-electron chi connectivity index (χ0n) is 15.7. The van der Waals surface area contributed by atoms with Crippen molar-refractivity contribution in [2.75, 3.05) is 34.2 Å². The van der Waals surface area contributed by atoms with Gasteiger partial charge >= 0.3 is 0 Å². The molecular formula is C19H29FIN5. The average Bonchev–Trinajstić information content (AvgIpc) is 3.34. The second-order valence-corrected chi connectivity index (χ2v) is 7.00. The number of hydrogen-bond donors (Lipinski definition) is 3. The van der Waals surface area contributed by atoms with Crippen molar-refractivity contribution in [2.45, 2.75) is 25.3 Å². The number of guanidine groups is 1. The Morgan fingerprint density at radius 3 is 2.77 bits per heavy atom. The lowest BCUT2D eigenvalue weighted by atomic mass is 10.1. The number of fused-ring (bicyclic) bond motifs is 1. The van der Waals surface area contributed by atoms with Crippen LogP contribution in [0.15, 0.2) is 29.4 Å². The molecule has 1 aromatic heterocycles. The Morgan fingerprint density at radius 2 is 2.12 bits per heavy atom. The number of aromatic nitrogens is 1. The van der Waals surface area contributed by atoms with Gasteiger partial charge in [-0.3, -0.25) is 4.99 Å². The summed E-state index contributed by atoms with van der Waals surface area (Å²) in [6.07, 6.45) is 5.47. The molecule has 1 fully saturated rings. The zero-order chi connectivity index (χ0) is 17.8. The topological polar surface area (TPSA) is 55.5 Å². The first-order chi connectivity index (χ1) is 12.1. The summed E-state index contributed by atoms with van der Waals surface area (Å²) < 4.78 is 13.3. The molecule has 1 unspecified atom stereocenters. The van der Waals surface area contributed by atoms with Crippen LogP contribution in [0.2, 0.25) is 0 Å². The Kier molecular flexibility index (Phi) is 7.69. The summed E-state index contributed by atoms with van der Waals surface area (Å²) in [5.41, 5.74) is 2.03. The molecule has 7 heteroatoms. The van der Waals surface area contributed by atoms with Gasteiger partial charge in [0, 0.05) is 43.3 Å². The molecule has 0 spiro atoms. The van der Waals surface area contributed by atoms with E-state index in [9.17, 15) is 4.39 Å². The van der Waals surface area contributed by atoms with Gasteiger partial charge in [-0.25, -0.2) is 4.39 Å². The number of nitrogens with zero attached hydrogens (tertiary/aromatic N) is 2. The van der Waals surface area contributed by atoms with Crippen molar-refractivity contribution >= 4 is 40.8 Å². The molecule has 1 aromatic carbocycles. The van der Waals surface area contributed by atoms with Crippen LogP contribution < -0.4 is 10.6 Å². The highest BCUT2D eigenvalue weighted by Gasteiger charge is 2.32. The summed E-state index contributed by atoms with van der Waals surface area (Å²) >= 11 is 0. The van der Waals surface area contributed by atoms with Gasteiger partial charge in [0.05, 0.1) is 0 Å². The van der Waals surface area contributed by atoms with Crippen molar-refractivity contribution in [3.63, 3.8) is 0 Å². The van der Waals surface area contributed by atoms with E-state index in [1.807, 2.05) is 12.3 Å². The minimum atomic E-state index is -0.213. The monoisotopic (exact) mass is 473 g/mol. The highest BCUT2D eigenvalue weighted by Crippen LogP contribution is 2.34. The van der Waals surface area contributed by atoms with E-state index in [2.05, 4.69) is 39.6 Å². The molecule has 3 rings (SSSR count). The summed E-state index contributed by atoms with van der Waals surface area (Å²) in [7, 11) is 6.08. The minimum Gasteiger partial charge on any atom is -0.361 e. The van der Waals surface area contributed by atoms with Crippen molar-refractivity contribution in [1.29, 1.82) is 0 Å². The summed E-state index contributed by atoms with van der Waals surface area (Å²) in [5, 5.41) is 7.88. The molecule has 144 valence electrons. The first-order valence-corrected chi connectivity index (χ1v) is 8.95. The van der Waals surface area contributed by atoms with Gasteiger partial charge in [0.1, 0.15) is 5.82 Å². The maximum Gasteiger partial charge on any atom is 0.191 e. The number of hydrogen-bond acceptors (Lipinski definition) is 2. The fourth-order valence-electron chi connectivity index (χ4n) is 3.35. The normalized spacial score (nSPS) is 15.8. The largest absolute Gasteiger partial charge is 0.361 e. The Morgan fingerprint density at radius 1 is 1.35 bits per heavy atom. The number of aromatic amines is 1. The van der Waals surface area contributed by atoms with E-state index in [0.29, 0.717) is 6.04 Å². The number of aliphatic imine (C=N–C) groups is 1. The Labute approximate surface area is 171 Å². The molecule has 3 N–H and O–H groups in total. The highest BCUT2D eigenvalue weighted by atomic mass is 127. The average molecular weight is 473 g/mol. The smallest absolute Gasteiger partial charge is 0.191 e. The van der Waals surface area contributed by atoms with Crippen LogP contribution in [0.25, 0.3) is 10.9 Å². The van der Waals surface area contributed by atoms with Crippen molar-refractivity contribution in [1.82, 2.24) is 20.5 Å². The molecule has 1 saturated carbocycles. The Balaban J connectivity index is 0.00000243. The highest BCUT2D eigenvalue weighted by molar-refractivity contribution is 14.0. The molecule has 0 aliphatic heterocycles. The van der Waals surface area contributed by atoms with Crippen LogP contribution in [0.4, 0.5) is 4.39 Å². The zero-order valence-corrected chi connectivity index (χ0v) is 18.0. The fraction of sp³-hybridized carbons (Fsp3) is 0.526. The van der Waals surface area contributed by atoms with Crippen LogP contribution in [0.3, 0.4) is 0 Å². The lowest BCUT2D eigenvalue weighted by Crippen LogP contribution is -2.46. The van der Waals surface area contributed by atoms with Gasteiger partial charge in [-0.2, -0.15) is 0 Å². The molecule has 2 aromatic rings.